The lowest BCUT2D eigenvalue weighted by Crippen LogP contribution is -2.05. The van der Waals surface area contributed by atoms with Crippen LogP contribution in [0.2, 0.25) is 0 Å². The Morgan fingerprint density at radius 2 is 2.27 bits per heavy atom. The van der Waals surface area contributed by atoms with Crippen LogP contribution in [-0.4, -0.2) is 4.98 Å². The minimum atomic E-state index is 0.304. The maximum absolute atomic E-state index is 4.27. The largest absolute Gasteiger partial charge is 0.363 e. The van der Waals surface area contributed by atoms with Crippen LogP contribution in [0.4, 0.5) is 5.82 Å². The molecule has 0 saturated carbocycles. The highest BCUT2D eigenvalue weighted by Crippen LogP contribution is 2.22. The molecule has 2 aromatic rings. The third-order valence-electron chi connectivity index (χ3n) is 2.06. The number of rotatable bonds is 3. The van der Waals surface area contributed by atoms with Crippen molar-refractivity contribution in [1.82, 2.24) is 4.98 Å². The number of halogens is 1. The molecule has 1 N–H and O–H groups in total. The van der Waals surface area contributed by atoms with Crippen LogP contribution in [0.25, 0.3) is 0 Å². The van der Waals surface area contributed by atoms with Crippen LogP contribution < -0.4 is 5.32 Å². The Morgan fingerprint density at radius 1 is 1.40 bits per heavy atom. The Labute approximate surface area is 101 Å². The Hall–Kier alpha value is -0.870. The molecule has 0 aliphatic heterocycles. The van der Waals surface area contributed by atoms with E-state index < -0.39 is 0 Å². The summed E-state index contributed by atoms with van der Waals surface area (Å²) in [7, 11) is 0. The van der Waals surface area contributed by atoms with Crippen LogP contribution in [0.15, 0.2) is 40.3 Å². The van der Waals surface area contributed by atoms with Crippen molar-refractivity contribution in [2.75, 3.05) is 5.32 Å². The maximum Gasteiger partial charge on any atom is 0.126 e. The highest BCUT2D eigenvalue weighted by molar-refractivity contribution is 9.10. The summed E-state index contributed by atoms with van der Waals surface area (Å²) in [4.78, 5) is 5.59. The average Bonchev–Trinajstić information content (AvgIpc) is 2.74. The number of aromatic nitrogens is 1. The van der Waals surface area contributed by atoms with Crippen molar-refractivity contribution in [3.8, 4) is 0 Å². The van der Waals surface area contributed by atoms with Crippen molar-refractivity contribution in [2.45, 2.75) is 13.0 Å². The van der Waals surface area contributed by atoms with E-state index in [1.165, 1.54) is 4.88 Å². The van der Waals surface area contributed by atoms with Crippen molar-refractivity contribution >= 4 is 33.1 Å². The van der Waals surface area contributed by atoms with Crippen molar-refractivity contribution < 1.29 is 0 Å². The van der Waals surface area contributed by atoms with E-state index >= 15 is 0 Å². The van der Waals surface area contributed by atoms with Gasteiger partial charge in [0.15, 0.2) is 0 Å². The summed E-state index contributed by atoms with van der Waals surface area (Å²) in [6.07, 6.45) is 1.80. The first-order valence-electron chi connectivity index (χ1n) is 4.67. The predicted molar refractivity (Wildman–Crippen MR) is 68.3 cm³/mol. The zero-order valence-electron chi connectivity index (χ0n) is 8.27. The van der Waals surface area contributed by atoms with Gasteiger partial charge in [0.05, 0.1) is 6.04 Å². The molecule has 15 heavy (non-hydrogen) atoms. The molecule has 2 rings (SSSR count). The molecule has 0 aliphatic carbocycles. The second-order valence-electron chi connectivity index (χ2n) is 3.24. The minimum Gasteiger partial charge on any atom is -0.363 e. The summed E-state index contributed by atoms with van der Waals surface area (Å²) in [6, 6.07) is 8.44. The number of pyridine rings is 1. The second kappa shape index (κ2) is 4.77. The number of anilines is 1. The second-order valence-corrected chi connectivity index (χ2v) is 5.14. The van der Waals surface area contributed by atoms with Gasteiger partial charge in [-0.3, -0.25) is 0 Å². The van der Waals surface area contributed by atoms with E-state index in [0.717, 1.165) is 10.3 Å². The van der Waals surface area contributed by atoms with E-state index in [1.807, 2.05) is 12.1 Å². The van der Waals surface area contributed by atoms with Gasteiger partial charge in [-0.25, -0.2) is 4.98 Å². The standard InChI is InChI=1S/C11H11BrN2S/c1-8(10-3-2-6-15-10)14-11-5-4-9(12)7-13-11/h2-8H,1H3,(H,13,14). The van der Waals surface area contributed by atoms with E-state index in [9.17, 15) is 0 Å². The fourth-order valence-electron chi connectivity index (χ4n) is 1.29. The molecule has 4 heteroatoms. The molecule has 0 spiro atoms. The van der Waals surface area contributed by atoms with E-state index in [0.29, 0.717) is 6.04 Å². The van der Waals surface area contributed by atoms with Crippen LogP contribution in [0.5, 0.6) is 0 Å². The van der Waals surface area contributed by atoms with Gasteiger partial charge in [-0.2, -0.15) is 0 Å². The van der Waals surface area contributed by atoms with Gasteiger partial charge >= 0.3 is 0 Å². The molecule has 1 atom stereocenters. The molecule has 2 heterocycles. The Bertz CT molecular complexity index is 411. The third kappa shape index (κ3) is 2.79. The number of thiophene rings is 1. The first-order valence-corrected chi connectivity index (χ1v) is 6.34. The normalized spacial score (nSPS) is 12.4. The molecule has 2 nitrogen and oxygen atoms in total. The summed E-state index contributed by atoms with van der Waals surface area (Å²) < 4.78 is 0.997. The SMILES string of the molecule is CC(Nc1ccc(Br)cn1)c1cccs1. The van der Waals surface area contributed by atoms with Gasteiger partial charge in [-0.1, -0.05) is 6.07 Å². The lowest BCUT2D eigenvalue weighted by Gasteiger charge is -2.12. The molecule has 0 bridgehead atoms. The first kappa shape index (κ1) is 10.6. The van der Waals surface area contributed by atoms with E-state index in [1.54, 1.807) is 17.5 Å². The highest BCUT2D eigenvalue weighted by Gasteiger charge is 2.05. The zero-order valence-corrected chi connectivity index (χ0v) is 10.7. The lowest BCUT2D eigenvalue weighted by molar-refractivity contribution is 0.896. The van der Waals surface area contributed by atoms with Gasteiger partial charge < -0.3 is 5.32 Å². The average molecular weight is 283 g/mol. The molecule has 1 unspecified atom stereocenters. The van der Waals surface area contributed by atoms with Crippen LogP contribution in [0, 0.1) is 0 Å². The molecule has 2 aromatic heterocycles. The summed E-state index contributed by atoms with van der Waals surface area (Å²) in [5, 5.41) is 5.44. The maximum atomic E-state index is 4.27. The van der Waals surface area contributed by atoms with Crippen molar-refractivity contribution in [2.24, 2.45) is 0 Å². The zero-order chi connectivity index (χ0) is 10.7. The van der Waals surface area contributed by atoms with Crippen LogP contribution in [0.1, 0.15) is 17.8 Å². The minimum absolute atomic E-state index is 0.304. The quantitative estimate of drug-likeness (QED) is 0.918. The number of nitrogens with one attached hydrogen (secondary N) is 1. The Kier molecular flexibility index (Phi) is 3.38. The molecule has 0 fully saturated rings. The van der Waals surface area contributed by atoms with Crippen molar-refractivity contribution in [3.63, 3.8) is 0 Å². The summed E-state index contributed by atoms with van der Waals surface area (Å²) in [6.45, 7) is 2.13. The van der Waals surface area contributed by atoms with Gasteiger partial charge in [0.1, 0.15) is 5.82 Å². The fourth-order valence-corrected chi connectivity index (χ4v) is 2.26. The first-order chi connectivity index (χ1) is 7.25. The lowest BCUT2D eigenvalue weighted by atomic mass is 10.3. The molecule has 0 saturated heterocycles. The fraction of sp³-hybridized carbons (Fsp3) is 0.182. The van der Waals surface area contributed by atoms with Gasteiger partial charge in [0, 0.05) is 15.5 Å². The molecule has 0 amide bonds. The Morgan fingerprint density at radius 3 is 2.87 bits per heavy atom. The molecule has 0 aromatic carbocycles. The highest BCUT2D eigenvalue weighted by atomic mass is 79.9. The number of hydrogen-bond acceptors (Lipinski definition) is 3. The molecule has 0 aliphatic rings. The van der Waals surface area contributed by atoms with Crippen LogP contribution in [0.3, 0.4) is 0 Å². The van der Waals surface area contributed by atoms with Crippen molar-refractivity contribution in [3.05, 3.63) is 45.2 Å². The van der Waals surface area contributed by atoms with Gasteiger partial charge in [0.25, 0.3) is 0 Å². The number of hydrogen-bond donors (Lipinski definition) is 1. The molecule has 78 valence electrons. The van der Waals surface area contributed by atoms with E-state index in [4.69, 9.17) is 0 Å². The van der Waals surface area contributed by atoms with Crippen LogP contribution >= 0.6 is 27.3 Å². The van der Waals surface area contributed by atoms with E-state index in [2.05, 4.69) is 50.7 Å². The Balaban J connectivity index is 2.06. The number of nitrogens with zero attached hydrogens (tertiary/aromatic N) is 1. The van der Waals surface area contributed by atoms with Gasteiger partial charge in [-0.05, 0) is 46.4 Å². The van der Waals surface area contributed by atoms with E-state index in [-0.39, 0.29) is 0 Å². The smallest absolute Gasteiger partial charge is 0.126 e. The summed E-state index contributed by atoms with van der Waals surface area (Å²) >= 11 is 5.12. The van der Waals surface area contributed by atoms with Crippen molar-refractivity contribution in [1.29, 1.82) is 0 Å². The topological polar surface area (TPSA) is 24.9 Å². The van der Waals surface area contributed by atoms with Crippen LogP contribution in [-0.2, 0) is 0 Å². The molecule has 0 radical (unpaired) electrons. The van der Waals surface area contributed by atoms with Gasteiger partial charge in [0.2, 0.25) is 0 Å². The third-order valence-corrected chi connectivity index (χ3v) is 3.59. The monoisotopic (exact) mass is 282 g/mol. The predicted octanol–water partition coefficient (Wildman–Crippen LogP) is 4.08. The summed E-state index contributed by atoms with van der Waals surface area (Å²) in [5.41, 5.74) is 0. The molecular formula is C11H11BrN2S. The summed E-state index contributed by atoms with van der Waals surface area (Å²) in [5.74, 6) is 0.902. The molecular weight excluding hydrogens is 272 g/mol. The van der Waals surface area contributed by atoms with Gasteiger partial charge in [-0.15, -0.1) is 11.3 Å².